The molecule has 12 rings (SSSR count). The average molecular weight is 793 g/mol. The van der Waals surface area contributed by atoms with Crippen LogP contribution in [0, 0.1) is 0 Å². The van der Waals surface area contributed by atoms with Crippen LogP contribution in [0.5, 0.6) is 0 Å². The van der Waals surface area contributed by atoms with Crippen molar-refractivity contribution in [3.63, 3.8) is 0 Å². The van der Waals surface area contributed by atoms with Crippen LogP contribution in [-0.4, -0.2) is 29.1 Å². The third kappa shape index (κ3) is 5.96. The van der Waals surface area contributed by atoms with Crippen molar-refractivity contribution >= 4 is 43.6 Å². The van der Waals surface area contributed by atoms with Crippen molar-refractivity contribution in [2.75, 3.05) is 0 Å². The lowest BCUT2D eigenvalue weighted by Gasteiger charge is -2.15. The van der Waals surface area contributed by atoms with Crippen molar-refractivity contribution in [2.45, 2.75) is 0 Å². The van der Waals surface area contributed by atoms with Gasteiger partial charge in [-0.2, -0.15) is 9.97 Å². The Hall–Kier alpha value is -8.48. The minimum atomic E-state index is 0.559. The zero-order valence-electron chi connectivity index (χ0n) is 33.5. The van der Waals surface area contributed by atoms with E-state index in [1.165, 1.54) is 16.5 Å². The van der Waals surface area contributed by atoms with Gasteiger partial charge < -0.3 is 4.57 Å². The number of rotatable bonds is 7. The average Bonchev–Trinajstić information content (AvgIpc) is 3.86. The molecule has 0 unspecified atom stereocenters. The second-order valence-electron chi connectivity index (χ2n) is 15.5. The van der Waals surface area contributed by atoms with Crippen molar-refractivity contribution in [2.24, 2.45) is 0 Å². The van der Waals surface area contributed by atoms with E-state index in [0.717, 1.165) is 77.6 Å². The number of nitrogens with zero attached hydrogens (tertiary/aromatic N) is 6. The van der Waals surface area contributed by atoms with E-state index in [1.54, 1.807) is 0 Å². The fourth-order valence-electron chi connectivity index (χ4n) is 8.90. The predicted octanol–water partition coefficient (Wildman–Crippen LogP) is 13.8. The van der Waals surface area contributed by atoms with Gasteiger partial charge in [-0.05, 0) is 53.6 Å². The highest BCUT2D eigenvalue weighted by Gasteiger charge is 2.22. The molecule has 0 aliphatic carbocycles. The summed E-state index contributed by atoms with van der Waals surface area (Å²) in [6.45, 7) is 0. The van der Waals surface area contributed by atoms with Gasteiger partial charge in [-0.3, -0.25) is 4.57 Å². The van der Waals surface area contributed by atoms with Gasteiger partial charge in [0.25, 0.3) is 0 Å². The smallest absolute Gasteiger partial charge is 0.238 e. The lowest BCUT2D eigenvalue weighted by Crippen LogP contribution is -2.06. The summed E-state index contributed by atoms with van der Waals surface area (Å²) in [5, 5.41) is 4.59. The minimum absolute atomic E-state index is 0.559. The second-order valence-corrected chi connectivity index (χ2v) is 15.5. The van der Waals surface area contributed by atoms with Gasteiger partial charge in [-0.1, -0.05) is 176 Å². The molecule has 0 radical (unpaired) electrons. The van der Waals surface area contributed by atoms with E-state index in [9.17, 15) is 0 Å². The van der Waals surface area contributed by atoms with Gasteiger partial charge in [0, 0.05) is 43.8 Å². The first-order valence-corrected chi connectivity index (χ1v) is 20.8. The number of hydrogen-bond acceptors (Lipinski definition) is 4. The molecule has 0 fully saturated rings. The first-order valence-electron chi connectivity index (χ1n) is 20.8. The molecular formula is C56H36N6. The van der Waals surface area contributed by atoms with Crippen LogP contribution < -0.4 is 0 Å². The maximum Gasteiger partial charge on any atom is 0.238 e. The Labute approximate surface area is 357 Å². The van der Waals surface area contributed by atoms with E-state index in [2.05, 4.69) is 161 Å². The molecular weight excluding hydrogens is 757 g/mol. The summed E-state index contributed by atoms with van der Waals surface area (Å²) in [4.78, 5) is 20.7. The largest absolute Gasteiger partial charge is 0.308 e. The molecule has 62 heavy (non-hydrogen) atoms. The molecule has 0 saturated carbocycles. The zero-order valence-corrected chi connectivity index (χ0v) is 33.5. The van der Waals surface area contributed by atoms with Crippen molar-refractivity contribution in [3.8, 4) is 68.1 Å². The number of para-hydroxylation sites is 3. The van der Waals surface area contributed by atoms with Crippen molar-refractivity contribution in [3.05, 3.63) is 218 Å². The van der Waals surface area contributed by atoms with E-state index < -0.39 is 0 Å². The van der Waals surface area contributed by atoms with Crippen LogP contribution in [-0.2, 0) is 0 Å². The first kappa shape index (κ1) is 35.5. The van der Waals surface area contributed by atoms with Crippen LogP contribution in [0.4, 0.5) is 0 Å². The summed E-state index contributed by atoms with van der Waals surface area (Å²) < 4.78 is 4.59. The maximum atomic E-state index is 5.31. The highest BCUT2D eigenvalue weighted by atomic mass is 15.2. The summed E-state index contributed by atoms with van der Waals surface area (Å²) >= 11 is 0. The lowest BCUT2D eigenvalue weighted by atomic mass is 10.0. The predicted molar refractivity (Wildman–Crippen MR) is 253 cm³/mol. The Morgan fingerprint density at radius 2 is 0.758 bits per heavy atom. The second kappa shape index (κ2) is 14.7. The fraction of sp³-hybridized carbons (Fsp3) is 0. The van der Waals surface area contributed by atoms with Crippen LogP contribution in [0.3, 0.4) is 0 Å². The van der Waals surface area contributed by atoms with E-state index >= 15 is 0 Å². The number of pyridine rings is 1. The van der Waals surface area contributed by atoms with Crippen LogP contribution in [0.25, 0.3) is 112 Å². The topological polar surface area (TPSA) is 61.4 Å². The number of benzene rings is 8. The van der Waals surface area contributed by atoms with Crippen LogP contribution in [0.1, 0.15) is 0 Å². The maximum absolute atomic E-state index is 5.31. The minimum Gasteiger partial charge on any atom is -0.308 e. The molecule has 0 atom stereocenters. The molecule has 12 aromatic rings. The normalized spacial score (nSPS) is 11.5. The molecule has 6 nitrogen and oxygen atoms in total. The molecule has 6 heteroatoms. The van der Waals surface area contributed by atoms with Crippen molar-refractivity contribution in [1.29, 1.82) is 0 Å². The summed E-state index contributed by atoms with van der Waals surface area (Å²) in [6, 6.07) is 76.2. The van der Waals surface area contributed by atoms with Crippen molar-refractivity contribution in [1.82, 2.24) is 29.1 Å². The summed E-state index contributed by atoms with van der Waals surface area (Å²) in [5.41, 5.74) is 13.4. The molecule has 290 valence electrons. The van der Waals surface area contributed by atoms with E-state index in [-0.39, 0.29) is 0 Å². The van der Waals surface area contributed by atoms with Crippen LogP contribution in [0.15, 0.2) is 218 Å². The standard InChI is InChI=1S/C56H36N6/c1-4-17-37(18-5-1)38-31-33-39(34-32-38)47-26-16-27-48(57-47)44-25-12-15-30-51(44)61-49-28-13-10-23-42(49)45-35-46-43-24-11-14-29-50(43)62(53(46)36-52(45)61)56-59-54(40-19-6-2-7-20-40)58-55(60-56)41-21-8-3-9-22-41/h1-36H. The molecule has 0 aliphatic heterocycles. The first-order chi connectivity index (χ1) is 30.7. The van der Waals surface area contributed by atoms with Gasteiger partial charge in [-0.25, -0.2) is 9.97 Å². The zero-order chi connectivity index (χ0) is 41.0. The molecule has 0 amide bonds. The van der Waals surface area contributed by atoms with Gasteiger partial charge in [-0.15, -0.1) is 0 Å². The van der Waals surface area contributed by atoms with Gasteiger partial charge in [0.05, 0.1) is 39.1 Å². The van der Waals surface area contributed by atoms with Gasteiger partial charge in [0.15, 0.2) is 11.6 Å². The van der Waals surface area contributed by atoms with Gasteiger partial charge in [0.2, 0.25) is 5.95 Å². The van der Waals surface area contributed by atoms with Crippen molar-refractivity contribution < 1.29 is 0 Å². The van der Waals surface area contributed by atoms with E-state index in [4.69, 9.17) is 19.9 Å². The number of hydrogen-bond donors (Lipinski definition) is 0. The third-order valence-electron chi connectivity index (χ3n) is 11.8. The summed E-state index contributed by atoms with van der Waals surface area (Å²) in [5.74, 6) is 1.79. The molecule has 0 aliphatic rings. The van der Waals surface area contributed by atoms with E-state index in [1.807, 2.05) is 66.7 Å². The molecule has 8 aromatic carbocycles. The van der Waals surface area contributed by atoms with Crippen LogP contribution in [0.2, 0.25) is 0 Å². The lowest BCUT2D eigenvalue weighted by molar-refractivity contribution is 0.953. The van der Waals surface area contributed by atoms with Gasteiger partial charge in [0.1, 0.15) is 0 Å². The van der Waals surface area contributed by atoms with Crippen LogP contribution >= 0.6 is 0 Å². The Balaban J connectivity index is 1.07. The molecule has 0 N–H and O–H groups in total. The Kier molecular flexibility index (Phi) is 8.38. The van der Waals surface area contributed by atoms with E-state index in [0.29, 0.717) is 17.6 Å². The number of aromatic nitrogens is 6. The number of fused-ring (bicyclic) bond motifs is 6. The molecule has 0 bridgehead atoms. The highest BCUT2D eigenvalue weighted by molar-refractivity contribution is 6.19. The Bertz CT molecular complexity index is 3550. The SMILES string of the molecule is c1ccc(-c2ccc(-c3cccc(-c4ccccc4-n4c5ccccc5c5cc6c7ccccc7n(-c7nc(-c8ccccc8)nc(-c8ccccc8)n7)c6cc54)n3)cc2)cc1. The monoisotopic (exact) mass is 792 g/mol. The molecule has 4 heterocycles. The summed E-state index contributed by atoms with van der Waals surface area (Å²) in [7, 11) is 0. The Morgan fingerprint density at radius 3 is 1.40 bits per heavy atom. The Morgan fingerprint density at radius 1 is 0.274 bits per heavy atom. The van der Waals surface area contributed by atoms with Gasteiger partial charge >= 0.3 is 0 Å². The fourth-order valence-corrected chi connectivity index (χ4v) is 8.90. The molecule has 4 aromatic heterocycles. The molecule has 0 saturated heterocycles. The third-order valence-corrected chi connectivity index (χ3v) is 11.8. The highest BCUT2D eigenvalue weighted by Crippen LogP contribution is 2.41. The summed E-state index contributed by atoms with van der Waals surface area (Å²) in [6.07, 6.45) is 0. The molecule has 0 spiro atoms. The quantitative estimate of drug-likeness (QED) is 0.161.